The Bertz CT molecular complexity index is 1120. The second kappa shape index (κ2) is 6.75. The van der Waals surface area contributed by atoms with Crippen LogP contribution in [0.25, 0.3) is 0 Å². The Labute approximate surface area is 186 Å². The third kappa shape index (κ3) is 3.03. The van der Waals surface area contributed by atoms with Crippen LogP contribution in [-0.4, -0.2) is 30.6 Å². The molecule has 1 aromatic heterocycles. The van der Waals surface area contributed by atoms with Crippen molar-refractivity contribution in [1.29, 1.82) is 0 Å². The summed E-state index contributed by atoms with van der Waals surface area (Å²) in [6.07, 6.45) is 7.34. The first-order valence-electron chi connectivity index (χ1n) is 11.1. The first-order chi connectivity index (χ1) is 14.8. The Hall–Kier alpha value is -2.00. The van der Waals surface area contributed by atoms with Crippen molar-refractivity contribution in [3.8, 4) is 0 Å². The van der Waals surface area contributed by atoms with Gasteiger partial charge in [0.25, 0.3) is 14.4 Å². The first kappa shape index (κ1) is 19.7. The number of rotatable bonds is 4. The van der Waals surface area contributed by atoms with Gasteiger partial charge in [-0.2, -0.15) is 8.42 Å². The van der Waals surface area contributed by atoms with Crippen LogP contribution in [0.1, 0.15) is 51.0 Å². The molecule has 1 aromatic carbocycles. The van der Waals surface area contributed by atoms with E-state index in [4.69, 9.17) is 0 Å². The fraction of sp³-hybridized carbons (Fsp3) is 0.591. The maximum absolute atomic E-state index is 13.3. The third-order valence-electron chi connectivity index (χ3n) is 7.77. The molecule has 2 aromatic rings. The van der Waals surface area contributed by atoms with Crippen molar-refractivity contribution >= 4 is 38.1 Å². The Kier molecular flexibility index (Phi) is 4.28. The molecule has 4 bridgehead atoms. The molecular formula is C22H26N4O3S2. The Morgan fingerprint density at radius 1 is 1.10 bits per heavy atom. The van der Waals surface area contributed by atoms with Gasteiger partial charge >= 0.3 is 0 Å². The maximum atomic E-state index is 13.3. The summed E-state index contributed by atoms with van der Waals surface area (Å²) in [4.78, 5) is 13.3. The van der Waals surface area contributed by atoms with Crippen molar-refractivity contribution < 1.29 is 13.2 Å². The number of para-hydroxylation sites is 1. The molecule has 2 heterocycles. The van der Waals surface area contributed by atoms with Gasteiger partial charge in [0, 0.05) is 6.04 Å². The van der Waals surface area contributed by atoms with Gasteiger partial charge in [-0.15, -0.1) is 10.2 Å². The van der Waals surface area contributed by atoms with E-state index in [0.29, 0.717) is 29.9 Å². The highest BCUT2D eigenvalue weighted by molar-refractivity contribution is 7.94. The average molecular weight is 459 g/mol. The van der Waals surface area contributed by atoms with Gasteiger partial charge in [-0.25, -0.2) is 0 Å². The van der Waals surface area contributed by atoms with Crippen LogP contribution in [0.5, 0.6) is 0 Å². The molecular weight excluding hydrogens is 432 g/mol. The van der Waals surface area contributed by atoms with Crippen molar-refractivity contribution in [2.45, 2.75) is 62.3 Å². The van der Waals surface area contributed by atoms with Crippen LogP contribution in [-0.2, 0) is 21.2 Å². The van der Waals surface area contributed by atoms with Gasteiger partial charge in [0.2, 0.25) is 11.0 Å². The number of sulfonamides is 1. The van der Waals surface area contributed by atoms with Crippen LogP contribution in [0.15, 0.2) is 28.6 Å². The minimum absolute atomic E-state index is 0.00610. The number of benzene rings is 1. The van der Waals surface area contributed by atoms with Crippen LogP contribution < -0.4 is 9.62 Å². The highest BCUT2D eigenvalue weighted by Crippen LogP contribution is 2.60. The average Bonchev–Trinajstić information content (AvgIpc) is 3.31. The zero-order chi connectivity index (χ0) is 21.4. The van der Waals surface area contributed by atoms with Gasteiger partial charge in [0.15, 0.2) is 0 Å². The molecule has 31 heavy (non-hydrogen) atoms. The number of carbonyl (C=O) groups is 1. The molecule has 1 aliphatic heterocycles. The molecule has 164 valence electrons. The normalized spacial score (nSPS) is 33.5. The van der Waals surface area contributed by atoms with E-state index in [2.05, 4.69) is 15.5 Å². The lowest BCUT2D eigenvalue weighted by Crippen LogP contribution is -2.51. The van der Waals surface area contributed by atoms with Crippen LogP contribution in [0.3, 0.4) is 0 Å². The summed E-state index contributed by atoms with van der Waals surface area (Å²) < 4.78 is 28.1. The summed E-state index contributed by atoms with van der Waals surface area (Å²) in [5, 5.41) is 11.2. The Morgan fingerprint density at radius 2 is 1.74 bits per heavy atom. The summed E-state index contributed by atoms with van der Waals surface area (Å²) in [7, 11) is -3.83. The summed E-state index contributed by atoms with van der Waals surface area (Å²) >= 11 is 0.952. The largest absolute Gasteiger partial charge is 0.300 e. The standard InChI is InChI=1S/C22H26N4O3S2/c1-13-6-17-4-2-3-5-18(17)26(13)31(28,29)21-25-24-20(30-21)23-19(27)22-10-14-7-15(11-22)9-16(8-14)12-22/h2-5,13-16H,6-12H2,1H3,(H,23,24,27). The topological polar surface area (TPSA) is 92.3 Å². The number of nitrogens with zero attached hydrogens (tertiary/aromatic N) is 3. The Balaban J connectivity index is 1.24. The van der Waals surface area contributed by atoms with Crippen molar-refractivity contribution in [1.82, 2.24) is 10.2 Å². The molecule has 7 nitrogen and oxygen atoms in total. The predicted octanol–water partition coefficient (Wildman–Crippen LogP) is 3.83. The van der Waals surface area contributed by atoms with E-state index in [0.717, 1.165) is 36.2 Å². The van der Waals surface area contributed by atoms with Crippen molar-refractivity contribution in [3.63, 3.8) is 0 Å². The van der Waals surface area contributed by atoms with E-state index in [1.807, 2.05) is 31.2 Å². The van der Waals surface area contributed by atoms with E-state index >= 15 is 0 Å². The molecule has 0 radical (unpaired) electrons. The Morgan fingerprint density at radius 3 is 2.42 bits per heavy atom. The molecule has 1 unspecified atom stereocenters. The van der Waals surface area contributed by atoms with Crippen LogP contribution >= 0.6 is 11.3 Å². The van der Waals surface area contributed by atoms with Gasteiger partial charge in [0.05, 0.1) is 11.1 Å². The lowest BCUT2D eigenvalue weighted by molar-refractivity contribution is -0.140. The minimum Gasteiger partial charge on any atom is -0.300 e. The fourth-order valence-electron chi connectivity index (χ4n) is 6.97. The van der Waals surface area contributed by atoms with Crippen LogP contribution in [0.2, 0.25) is 0 Å². The zero-order valence-corrected chi connectivity index (χ0v) is 19.1. The minimum atomic E-state index is -3.83. The quantitative estimate of drug-likeness (QED) is 0.703. The van der Waals surface area contributed by atoms with E-state index in [-0.39, 0.29) is 26.8 Å². The summed E-state index contributed by atoms with van der Waals surface area (Å²) in [5.74, 6) is 2.00. The molecule has 9 heteroatoms. The second-order valence-corrected chi connectivity index (χ2v) is 13.0. The van der Waals surface area contributed by atoms with E-state index in [1.54, 1.807) is 0 Å². The summed E-state index contributed by atoms with van der Waals surface area (Å²) in [6.45, 7) is 1.90. The molecule has 5 aliphatic rings. The number of nitrogens with one attached hydrogen (secondary N) is 1. The number of carbonyl (C=O) groups excluding carboxylic acids is 1. The number of aromatic nitrogens is 2. The van der Waals surface area contributed by atoms with Gasteiger partial charge < -0.3 is 5.32 Å². The predicted molar refractivity (Wildman–Crippen MR) is 118 cm³/mol. The van der Waals surface area contributed by atoms with Crippen molar-refractivity contribution in [2.24, 2.45) is 23.2 Å². The molecule has 4 fully saturated rings. The molecule has 4 saturated carbocycles. The van der Waals surface area contributed by atoms with E-state index < -0.39 is 10.0 Å². The van der Waals surface area contributed by atoms with Gasteiger partial charge in [-0.05, 0) is 81.3 Å². The molecule has 7 rings (SSSR count). The first-order valence-corrected chi connectivity index (χ1v) is 13.4. The smallest absolute Gasteiger partial charge is 0.293 e. The summed E-state index contributed by atoms with van der Waals surface area (Å²) in [5.41, 5.74) is 1.41. The molecule has 4 aliphatic carbocycles. The number of fused-ring (bicyclic) bond motifs is 1. The molecule has 1 N–H and O–H groups in total. The van der Waals surface area contributed by atoms with Gasteiger partial charge in [-0.1, -0.05) is 29.5 Å². The van der Waals surface area contributed by atoms with Crippen molar-refractivity contribution in [3.05, 3.63) is 29.8 Å². The molecule has 1 amide bonds. The number of hydrogen-bond acceptors (Lipinski definition) is 6. The maximum Gasteiger partial charge on any atom is 0.293 e. The van der Waals surface area contributed by atoms with Gasteiger partial charge in [-0.3, -0.25) is 9.10 Å². The molecule has 0 saturated heterocycles. The summed E-state index contributed by atoms with van der Waals surface area (Å²) in [6, 6.07) is 7.36. The molecule has 0 spiro atoms. The van der Waals surface area contributed by atoms with E-state index in [1.165, 1.54) is 23.6 Å². The second-order valence-electron chi connectivity index (χ2n) is 10.0. The van der Waals surface area contributed by atoms with Crippen LogP contribution in [0.4, 0.5) is 10.8 Å². The fourth-order valence-corrected chi connectivity index (χ4v) is 9.64. The monoisotopic (exact) mass is 458 g/mol. The van der Waals surface area contributed by atoms with Crippen molar-refractivity contribution in [2.75, 3.05) is 9.62 Å². The zero-order valence-electron chi connectivity index (χ0n) is 17.5. The highest BCUT2D eigenvalue weighted by atomic mass is 32.2. The highest BCUT2D eigenvalue weighted by Gasteiger charge is 2.54. The third-order valence-corrected chi connectivity index (χ3v) is 10.9. The molecule has 1 atom stereocenters. The number of amides is 1. The van der Waals surface area contributed by atoms with Gasteiger partial charge in [0.1, 0.15) is 0 Å². The van der Waals surface area contributed by atoms with E-state index in [9.17, 15) is 13.2 Å². The van der Waals surface area contributed by atoms with Crippen LogP contribution in [0, 0.1) is 23.2 Å². The SMILES string of the molecule is CC1Cc2ccccc2N1S(=O)(=O)c1nnc(NC(=O)C23CC4CC(CC(C4)C2)C3)s1. The number of hydrogen-bond donors (Lipinski definition) is 1. The lowest BCUT2D eigenvalue weighted by atomic mass is 9.49. The number of anilines is 2. The lowest BCUT2D eigenvalue weighted by Gasteiger charge is -2.55.